The average molecular weight is 337 g/mol. The Labute approximate surface area is 136 Å². The number of nitrogens with one attached hydrogen (secondary N) is 1. The van der Waals surface area contributed by atoms with Gasteiger partial charge in [0.15, 0.2) is 11.5 Å². The highest BCUT2D eigenvalue weighted by Gasteiger charge is 2.13. The van der Waals surface area contributed by atoms with Crippen molar-refractivity contribution < 1.29 is 14.3 Å². The summed E-state index contributed by atoms with van der Waals surface area (Å²) < 4.78 is 19.2. The summed E-state index contributed by atoms with van der Waals surface area (Å²) in [5.41, 5.74) is 2.59. The molecular formula is C14H15N3O3S2. The van der Waals surface area contributed by atoms with E-state index in [1.807, 2.05) is 19.1 Å². The Morgan fingerprint density at radius 1 is 1.32 bits per heavy atom. The highest BCUT2D eigenvalue weighted by Crippen LogP contribution is 2.32. The molecule has 8 heteroatoms. The maximum Gasteiger partial charge on any atom is 0.234 e. The van der Waals surface area contributed by atoms with Gasteiger partial charge < -0.3 is 14.8 Å². The van der Waals surface area contributed by atoms with Crippen LogP contribution >= 0.6 is 23.5 Å². The number of fused-ring (bicyclic) bond motifs is 1. The third-order valence-electron chi connectivity index (χ3n) is 3.04. The minimum absolute atomic E-state index is 0.0532. The van der Waals surface area contributed by atoms with E-state index in [0.717, 1.165) is 11.4 Å². The van der Waals surface area contributed by atoms with Gasteiger partial charge in [0.1, 0.15) is 13.2 Å². The SMILES string of the molecule is Cc1nsnc1CSCC(=O)Nc1ccc2c(c1)OCCO2. The second-order valence-corrected chi connectivity index (χ2v) is 6.21. The van der Waals surface area contributed by atoms with Crippen molar-refractivity contribution in [1.82, 2.24) is 8.75 Å². The van der Waals surface area contributed by atoms with Gasteiger partial charge in [-0.1, -0.05) is 0 Å². The van der Waals surface area contributed by atoms with Gasteiger partial charge in [0.2, 0.25) is 5.91 Å². The zero-order valence-electron chi connectivity index (χ0n) is 12.0. The lowest BCUT2D eigenvalue weighted by molar-refractivity contribution is -0.113. The predicted octanol–water partition coefficient (Wildman–Crippen LogP) is 2.49. The second kappa shape index (κ2) is 6.97. The first-order valence-electron chi connectivity index (χ1n) is 6.77. The molecule has 0 unspecified atom stereocenters. The van der Waals surface area contributed by atoms with Crippen molar-refractivity contribution in [1.29, 1.82) is 0 Å². The summed E-state index contributed by atoms with van der Waals surface area (Å²) in [7, 11) is 0. The van der Waals surface area contributed by atoms with Gasteiger partial charge >= 0.3 is 0 Å². The summed E-state index contributed by atoms with van der Waals surface area (Å²) in [4.78, 5) is 12.0. The fourth-order valence-corrected chi connectivity index (χ4v) is 3.41. The van der Waals surface area contributed by atoms with Crippen molar-refractivity contribution in [2.75, 3.05) is 24.3 Å². The number of ether oxygens (including phenoxy) is 2. The smallest absolute Gasteiger partial charge is 0.234 e. The third kappa shape index (κ3) is 3.69. The van der Waals surface area contributed by atoms with Crippen LogP contribution in [0.25, 0.3) is 0 Å². The molecule has 0 saturated heterocycles. The summed E-state index contributed by atoms with van der Waals surface area (Å²) >= 11 is 2.72. The van der Waals surface area contributed by atoms with Crippen LogP contribution in [0.5, 0.6) is 11.5 Å². The Morgan fingerprint density at radius 3 is 2.91 bits per heavy atom. The fourth-order valence-electron chi connectivity index (χ4n) is 1.94. The van der Waals surface area contributed by atoms with E-state index >= 15 is 0 Å². The number of amides is 1. The van der Waals surface area contributed by atoms with Gasteiger partial charge in [-0.15, -0.1) is 11.8 Å². The Kier molecular flexibility index (Phi) is 4.79. The van der Waals surface area contributed by atoms with Crippen LogP contribution in [0.3, 0.4) is 0 Å². The van der Waals surface area contributed by atoms with Crippen LogP contribution in [0.2, 0.25) is 0 Å². The summed E-state index contributed by atoms with van der Waals surface area (Å²) in [5.74, 6) is 2.39. The van der Waals surface area contributed by atoms with Crippen molar-refractivity contribution in [3.05, 3.63) is 29.6 Å². The number of rotatable bonds is 5. The number of carbonyl (C=O) groups is 1. The molecule has 1 amide bonds. The van der Waals surface area contributed by atoms with Crippen molar-refractivity contribution in [3.8, 4) is 11.5 Å². The molecule has 3 rings (SSSR count). The van der Waals surface area contributed by atoms with Crippen molar-refractivity contribution in [2.45, 2.75) is 12.7 Å². The quantitative estimate of drug-likeness (QED) is 0.904. The topological polar surface area (TPSA) is 73.3 Å². The number of carbonyl (C=O) groups excluding carboxylic acids is 1. The number of thioether (sulfide) groups is 1. The van der Waals surface area contributed by atoms with Gasteiger partial charge in [-0.05, 0) is 19.1 Å². The van der Waals surface area contributed by atoms with E-state index < -0.39 is 0 Å². The number of nitrogens with zero attached hydrogens (tertiary/aromatic N) is 2. The molecule has 6 nitrogen and oxygen atoms in total. The molecule has 1 aromatic heterocycles. The van der Waals surface area contributed by atoms with E-state index in [4.69, 9.17) is 9.47 Å². The van der Waals surface area contributed by atoms with Crippen LogP contribution in [0.1, 0.15) is 11.4 Å². The monoisotopic (exact) mass is 337 g/mol. The first-order valence-corrected chi connectivity index (χ1v) is 8.66. The Morgan fingerprint density at radius 2 is 2.14 bits per heavy atom. The molecule has 1 aliphatic rings. The summed E-state index contributed by atoms with van der Waals surface area (Å²) in [6, 6.07) is 5.40. The Hall–Kier alpha value is -1.80. The molecule has 2 heterocycles. The van der Waals surface area contributed by atoms with E-state index in [0.29, 0.717) is 41.9 Å². The average Bonchev–Trinajstić information content (AvgIpc) is 2.92. The van der Waals surface area contributed by atoms with Gasteiger partial charge in [0.25, 0.3) is 0 Å². The van der Waals surface area contributed by atoms with Crippen LogP contribution in [0, 0.1) is 6.92 Å². The van der Waals surface area contributed by atoms with Crippen LogP contribution in [0.4, 0.5) is 5.69 Å². The minimum atomic E-state index is -0.0532. The highest BCUT2D eigenvalue weighted by molar-refractivity contribution is 7.99. The van der Waals surface area contributed by atoms with Crippen LogP contribution in [-0.2, 0) is 10.5 Å². The number of hydrogen-bond donors (Lipinski definition) is 1. The predicted molar refractivity (Wildman–Crippen MR) is 86.9 cm³/mol. The van der Waals surface area contributed by atoms with Crippen LogP contribution in [-0.4, -0.2) is 33.6 Å². The molecular weight excluding hydrogens is 322 g/mol. The maximum atomic E-state index is 12.0. The molecule has 0 saturated carbocycles. The summed E-state index contributed by atoms with van der Waals surface area (Å²) in [6.45, 7) is 3.01. The molecule has 0 spiro atoms. The lowest BCUT2D eigenvalue weighted by Crippen LogP contribution is -2.17. The molecule has 2 aromatic rings. The van der Waals surface area contributed by atoms with Crippen molar-refractivity contribution in [3.63, 3.8) is 0 Å². The van der Waals surface area contributed by atoms with Crippen molar-refractivity contribution >= 4 is 35.1 Å². The number of anilines is 1. The second-order valence-electron chi connectivity index (χ2n) is 4.70. The van der Waals surface area contributed by atoms with Crippen molar-refractivity contribution in [2.24, 2.45) is 0 Å². The Balaban J connectivity index is 1.50. The van der Waals surface area contributed by atoms with Crippen LogP contribution < -0.4 is 14.8 Å². The first-order chi connectivity index (χ1) is 10.7. The zero-order chi connectivity index (χ0) is 15.4. The third-order valence-corrected chi connectivity index (χ3v) is 4.65. The maximum absolute atomic E-state index is 12.0. The summed E-state index contributed by atoms with van der Waals surface area (Å²) in [5, 5.41) is 2.86. The first kappa shape index (κ1) is 15.1. The van der Waals surface area contributed by atoms with E-state index in [2.05, 4.69) is 14.1 Å². The van der Waals surface area contributed by atoms with Crippen LogP contribution in [0.15, 0.2) is 18.2 Å². The van der Waals surface area contributed by atoms with Gasteiger partial charge in [-0.2, -0.15) is 8.75 Å². The summed E-state index contributed by atoms with van der Waals surface area (Å²) in [6.07, 6.45) is 0. The minimum Gasteiger partial charge on any atom is -0.486 e. The zero-order valence-corrected chi connectivity index (χ0v) is 13.6. The van der Waals surface area contributed by atoms with E-state index in [9.17, 15) is 4.79 Å². The molecule has 116 valence electrons. The van der Waals surface area contributed by atoms with E-state index in [1.165, 1.54) is 23.5 Å². The molecule has 0 radical (unpaired) electrons. The lowest BCUT2D eigenvalue weighted by Gasteiger charge is -2.18. The van der Waals surface area contributed by atoms with Gasteiger partial charge in [0.05, 0.1) is 28.9 Å². The lowest BCUT2D eigenvalue weighted by atomic mass is 10.2. The molecule has 22 heavy (non-hydrogen) atoms. The molecule has 0 aliphatic carbocycles. The van der Waals surface area contributed by atoms with Gasteiger partial charge in [-0.3, -0.25) is 4.79 Å². The normalized spacial score (nSPS) is 13.0. The molecule has 1 aliphatic heterocycles. The molecule has 0 fully saturated rings. The van der Waals surface area contributed by atoms with E-state index in [1.54, 1.807) is 6.07 Å². The standard InChI is InChI=1S/C14H15N3O3S2/c1-9-11(17-22-16-9)7-21-8-14(18)15-10-2-3-12-13(6-10)20-5-4-19-12/h2-3,6H,4-5,7-8H2,1H3,(H,15,18). The molecule has 0 bridgehead atoms. The number of hydrogen-bond acceptors (Lipinski definition) is 7. The fraction of sp³-hybridized carbons (Fsp3) is 0.357. The molecule has 1 N–H and O–H groups in total. The number of benzene rings is 1. The van der Waals surface area contributed by atoms with Gasteiger partial charge in [-0.25, -0.2) is 0 Å². The number of aryl methyl sites for hydroxylation is 1. The highest BCUT2D eigenvalue weighted by atomic mass is 32.2. The van der Waals surface area contributed by atoms with Gasteiger partial charge in [0, 0.05) is 17.5 Å². The largest absolute Gasteiger partial charge is 0.486 e. The molecule has 0 atom stereocenters. The molecule has 1 aromatic carbocycles. The Bertz CT molecular complexity index is 675. The number of aromatic nitrogens is 2. The van der Waals surface area contributed by atoms with E-state index in [-0.39, 0.29) is 5.91 Å².